The molecule has 178 valence electrons. The van der Waals surface area contributed by atoms with Gasteiger partial charge >= 0.3 is 0 Å². The maximum absolute atomic E-state index is 9.94. The molecule has 0 unspecified atom stereocenters. The van der Waals surface area contributed by atoms with Crippen LogP contribution >= 0.6 is 34.8 Å². The number of hydrogen-bond acceptors (Lipinski definition) is 5. The number of rotatable bonds is 12. The van der Waals surface area contributed by atoms with E-state index in [9.17, 15) is 10.2 Å². The van der Waals surface area contributed by atoms with Crippen LogP contribution in [0.5, 0.6) is 11.5 Å². The molecule has 0 amide bonds. The van der Waals surface area contributed by atoms with E-state index in [1.54, 1.807) is 0 Å². The van der Waals surface area contributed by atoms with Crippen LogP contribution in [-0.2, 0) is 10.2 Å². The summed E-state index contributed by atoms with van der Waals surface area (Å²) in [5.41, 5.74) is 1.55. The van der Waals surface area contributed by atoms with Crippen LogP contribution in [0.2, 0.25) is 10.0 Å². The van der Waals surface area contributed by atoms with Crippen molar-refractivity contribution in [2.75, 3.05) is 25.7 Å². The highest BCUT2D eigenvalue weighted by atomic mass is 35.5. The fourth-order valence-corrected chi connectivity index (χ4v) is 3.65. The van der Waals surface area contributed by atoms with Crippen LogP contribution in [0.15, 0.2) is 36.4 Å². The fourth-order valence-electron chi connectivity index (χ4n) is 2.96. The largest absolute Gasteiger partial charge is 0.491 e. The van der Waals surface area contributed by atoms with Gasteiger partial charge in [0.2, 0.25) is 0 Å². The molecule has 0 spiro atoms. The van der Waals surface area contributed by atoms with Gasteiger partial charge in [-0.3, -0.25) is 0 Å². The van der Waals surface area contributed by atoms with Crippen LogP contribution < -0.4 is 9.47 Å². The number of halogens is 3. The summed E-state index contributed by atoms with van der Waals surface area (Å²) >= 11 is 18.4. The fraction of sp³-hybridized carbons (Fsp3) is 0.500. The maximum Gasteiger partial charge on any atom is 0.156 e. The SMILES string of the molecule is CC(C)OC[C@@H](O)COc1ccc(C(C)(C)c2cc(Cl)c(OC[C@H](O)CCl)c(Cl)c2)cc1. The summed E-state index contributed by atoms with van der Waals surface area (Å²) in [7, 11) is 0. The second kappa shape index (κ2) is 12.3. The van der Waals surface area contributed by atoms with Crippen LogP contribution in [0.4, 0.5) is 0 Å². The van der Waals surface area contributed by atoms with E-state index < -0.39 is 17.6 Å². The second-order valence-corrected chi connectivity index (χ2v) is 9.51. The Bertz CT molecular complexity index is 832. The third kappa shape index (κ3) is 7.68. The summed E-state index contributed by atoms with van der Waals surface area (Å²) in [6.45, 7) is 8.36. The van der Waals surface area contributed by atoms with Crippen LogP contribution in [0.1, 0.15) is 38.8 Å². The van der Waals surface area contributed by atoms with Crippen LogP contribution in [0.25, 0.3) is 0 Å². The van der Waals surface area contributed by atoms with Crippen molar-refractivity contribution in [2.45, 2.75) is 51.4 Å². The number of hydrogen-bond donors (Lipinski definition) is 2. The highest BCUT2D eigenvalue weighted by molar-refractivity contribution is 6.37. The Labute approximate surface area is 205 Å². The molecule has 8 heteroatoms. The Hall–Kier alpha value is -1.21. The third-order valence-corrected chi connectivity index (χ3v) is 5.88. The van der Waals surface area contributed by atoms with Crippen molar-refractivity contribution < 1.29 is 24.4 Å². The van der Waals surface area contributed by atoms with Gasteiger partial charge in [0.1, 0.15) is 31.2 Å². The normalized spacial score (nSPS) is 13.8. The molecular formula is C24H31Cl3O5. The molecule has 0 fully saturated rings. The first-order valence-corrected chi connectivity index (χ1v) is 11.7. The summed E-state index contributed by atoms with van der Waals surface area (Å²) in [6.07, 6.45) is -1.43. The number of ether oxygens (including phenoxy) is 3. The van der Waals surface area contributed by atoms with Crippen molar-refractivity contribution in [1.82, 2.24) is 0 Å². The zero-order chi connectivity index (χ0) is 23.9. The van der Waals surface area contributed by atoms with E-state index in [1.807, 2.05) is 50.2 Å². The summed E-state index contributed by atoms with van der Waals surface area (Å²) in [4.78, 5) is 0. The average Bonchev–Trinajstić information content (AvgIpc) is 2.75. The van der Waals surface area contributed by atoms with Gasteiger partial charge in [0.05, 0.1) is 28.6 Å². The Morgan fingerprint density at radius 3 is 1.94 bits per heavy atom. The van der Waals surface area contributed by atoms with Gasteiger partial charge in [-0.1, -0.05) is 49.2 Å². The molecule has 0 aliphatic heterocycles. The second-order valence-electron chi connectivity index (χ2n) is 8.38. The lowest BCUT2D eigenvalue weighted by Gasteiger charge is -2.27. The molecule has 0 heterocycles. The molecule has 32 heavy (non-hydrogen) atoms. The summed E-state index contributed by atoms with van der Waals surface area (Å²) in [5, 5.41) is 20.3. The molecule has 0 bridgehead atoms. The Morgan fingerprint density at radius 2 is 1.41 bits per heavy atom. The smallest absolute Gasteiger partial charge is 0.156 e. The monoisotopic (exact) mass is 504 g/mol. The minimum atomic E-state index is -0.801. The van der Waals surface area contributed by atoms with E-state index >= 15 is 0 Å². The van der Waals surface area contributed by atoms with E-state index in [2.05, 4.69) is 13.8 Å². The van der Waals surface area contributed by atoms with Crippen molar-refractivity contribution >= 4 is 34.8 Å². The molecule has 2 N–H and O–H groups in total. The predicted octanol–water partition coefficient (Wildman–Crippen LogP) is 5.46. The van der Waals surface area contributed by atoms with Gasteiger partial charge in [-0.25, -0.2) is 0 Å². The van der Waals surface area contributed by atoms with E-state index in [0.29, 0.717) is 21.5 Å². The van der Waals surface area contributed by atoms with Gasteiger partial charge in [-0.2, -0.15) is 0 Å². The Kier molecular flexibility index (Phi) is 10.4. The van der Waals surface area contributed by atoms with Gasteiger partial charge in [-0.15, -0.1) is 11.6 Å². The molecule has 2 aromatic rings. The predicted molar refractivity (Wildman–Crippen MR) is 130 cm³/mol. The minimum Gasteiger partial charge on any atom is -0.491 e. The highest BCUT2D eigenvalue weighted by Crippen LogP contribution is 2.40. The molecule has 0 saturated heterocycles. The lowest BCUT2D eigenvalue weighted by molar-refractivity contribution is -0.0122. The van der Waals surface area contributed by atoms with E-state index in [4.69, 9.17) is 49.0 Å². The number of alkyl halides is 1. The Morgan fingerprint density at radius 1 is 0.844 bits per heavy atom. The summed E-state index contributed by atoms with van der Waals surface area (Å²) in [6, 6.07) is 11.3. The first-order valence-electron chi connectivity index (χ1n) is 10.4. The molecular weight excluding hydrogens is 475 g/mol. The van der Waals surface area contributed by atoms with Crippen molar-refractivity contribution in [3.63, 3.8) is 0 Å². The van der Waals surface area contributed by atoms with Crippen LogP contribution in [0.3, 0.4) is 0 Å². The first kappa shape index (κ1) is 27.0. The lowest BCUT2D eigenvalue weighted by atomic mass is 9.78. The summed E-state index contributed by atoms with van der Waals surface area (Å²) < 4.78 is 16.6. The number of aliphatic hydroxyl groups is 2. The number of aliphatic hydroxyl groups excluding tert-OH is 2. The molecule has 2 rings (SSSR count). The zero-order valence-electron chi connectivity index (χ0n) is 18.8. The standard InChI is InChI=1S/C24H31Cl3O5/c1-15(2)30-13-19(29)14-31-20-7-5-16(6-8-20)24(3,4)17-9-21(26)23(22(27)10-17)32-12-18(28)11-25/h5-10,15,18-19,28-29H,11-14H2,1-4H3/t18-,19-/m1/s1. The maximum atomic E-state index is 9.94. The van der Waals surface area contributed by atoms with Crippen molar-refractivity contribution in [1.29, 1.82) is 0 Å². The van der Waals surface area contributed by atoms with Crippen LogP contribution in [0, 0.1) is 0 Å². The van der Waals surface area contributed by atoms with Gasteiger partial charge in [0, 0.05) is 5.41 Å². The first-order chi connectivity index (χ1) is 15.0. The Balaban J connectivity index is 2.09. The van der Waals surface area contributed by atoms with Crippen molar-refractivity contribution in [3.8, 4) is 11.5 Å². The van der Waals surface area contributed by atoms with Gasteiger partial charge in [0.25, 0.3) is 0 Å². The third-order valence-electron chi connectivity index (χ3n) is 4.96. The molecule has 0 aromatic heterocycles. The van der Waals surface area contributed by atoms with E-state index in [0.717, 1.165) is 11.1 Å². The molecule has 0 radical (unpaired) electrons. The molecule has 0 aliphatic rings. The van der Waals surface area contributed by atoms with E-state index in [-0.39, 0.29) is 31.8 Å². The number of benzene rings is 2. The van der Waals surface area contributed by atoms with E-state index in [1.165, 1.54) is 0 Å². The quantitative estimate of drug-likeness (QED) is 0.375. The average molecular weight is 506 g/mol. The molecule has 2 atom stereocenters. The lowest BCUT2D eigenvalue weighted by Crippen LogP contribution is -2.25. The minimum absolute atomic E-state index is 0.00539. The molecule has 0 saturated carbocycles. The molecule has 2 aromatic carbocycles. The van der Waals surface area contributed by atoms with Crippen LogP contribution in [-0.4, -0.2) is 54.2 Å². The zero-order valence-corrected chi connectivity index (χ0v) is 21.0. The summed E-state index contributed by atoms with van der Waals surface area (Å²) in [5.74, 6) is 1.04. The van der Waals surface area contributed by atoms with Gasteiger partial charge < -0.3 is 24.4 Å². The van der Waals surface area contributed by atoms with Crippen molar-refractivity contribution in [2.24, 2.45) is 0 Å². The molecule has 5 nitrogen and oxygen atoms in total. The van der Waals surface area contributed by atoms with Crippen molar-refractivity contribution in [3.05, 3.63) is 57.6 Å². The highest BCUT2D eigenvalue weighted by Gasteiger charge is 2.26. The topological polar surface area (TPSA) is 68.2 Å². The molecule has 0 aliphatic carbocycles. The van der Waals surface area contributed by atoms with Gasteiger partial charge in [0.15, 0.2) is 5.75 Å². The van der Waals surface area contributed by atoms with Gasteiger partial charge in [-0.05, 0) is 49.2 Å².